The van der Waals surface area contributed by atoms with E-state index >= 15 is 0 Å². The van der Waals surface area contributed by atoms with Gasteiger partial charge in [-0.1, -0.05) is 60.7 Å². The van der Waals surface area contributed by atoms with Crippen molar-refractivity contribution in [1.82, 2.24) is 10.3 Å². The molecular formula is C28H31N3O6. The van der Waals surface area contributed by atoms with Gasteiger partial charge in [-0.2, -0.15) is 5.10 Å². The monoisotopic (exact) mass is 505 g/mol. The first-order chi connectivity index (χ1) is 17.9. The first-order valence-electron chi connectivity index (χ1n) is 12.7. The number of hydrogen-bond acceptors (Lipinski definition) is 7. The van der Waals surface area contributed by atoms with Crippen LogP contribution in [0.5, 0.6) is 0 Å². The lowest BCUT2D eigenvalue weighted by atomic mass is 9.60. The highest BCUT2D eigenvalue weighted by Crippen LogP contribution is 2.50. The number of aliphatic hydroxyl groups is 2. The molecule has 1 saturated heterocycles. The molecule has 0 unspecified atom stereocenters. The summed E-state index contributed by atoms with van der Waals surface area (Å²) in [6.07, 6.45) is -2.03. The van der Waals surface area contributed by atoms with Crippen LogP contribution in [0.2, 0.25) is 0 Å². The van der Waals surface area contributed by atoms with Crippen molar-refractivity contribution in [1.29, 1.82) is 0 Å². The molecule has 0 radical (unpaired) electrons. The minimum absolute atomic E-state index is 0.0605. The average Bonchev–Trinajstić information content (AvgIpc) is 3.18. The number of carbonyl (C=O) groups excluding carboxylic acids is 3. The molecule has 5 rings (SSSR count). The van der Waals surface area contributed by atoms with E-state index in [-0.39, 0.29) is 30.8 Å². The summed E-state index contributed by atoms with van der Waals surface area (Å²) in [6.45, 7) is 1.91. The number of carbonyl (C=O) groups is 3. The van der Waals surface area contributed by atoms with Crippen LogP contribution < -0.4 is 5.43 Å². The standard InChI is InChI=1S/C28H31N3O6/c1-16(18-10-6-3-7-11-18)31-26(34)20-13-12-19-21(14-22(32)25(33)23(19)24(20)27(31)35)29-30-28(36)37-15-17-8-4-2-5-9-17/h2-11,16,19-20,22-25,32-33H,12-15H2,1H3,(H,30,36)/t16-,19-,20+,22+,23-,24+,25+/m0/s1. The number of ether oxygens (including phenoxy) is 1. The van der Waals surface area contributed by atoms with Gasteiger partial charge in [0.2, 0.25) is 11.8 Å². The first kappa shape index (κ1) is 25.1. The van der Waals surface area contributed by atoms with E-state index < -0.39 is 42.1 Å². The van der Waals surface area contributed by atoms with E-state index in [1.54, 1.807) is 0 Å². The molecule has 9 nitrogen and oxygen atoms in total. The van der Waals surface area contributed by atoms with Gasteiger partial charge in [-0.3, -0.25) is 14.5 Å². The van der Waals surface area contributed by atoms with Gasteiger partial charge in [0.1, 0.15) is 6.61 Å². The zero-order chi connectivity index (χ0) is 26.1. The second-order valence-corrected chi connectivity index (χ2v) is 10.1. The molecule has 2 aliphatic carbocycles. The molecule has 3 fully saturated rings. The molecule has 2 saturated carbocycles. The molecule has 0 spiro atoms. The van der Waals surface area contributed by atoms with Gasteiger partial charge < -0.3 is 14.9 Å². The number of amides is 3. The Bertz CT molecular complexity index is 1190. The van der Waals surface area contributed by atoms with Gasteiger partial charge >= 0.3 is 6.09 Å². The molecule has 3 amide bonds. The van der Waals surface area contributed by atoms with Gasteiger partial charge in [0.25, 0.3) is 0 Å². The molecule has 37 heavy (non-hydrogen) atoms. The van der Waals surface area contributed by atoms with Crippen molar-refractivity contribution in [2.75, 3.05) is 0 Å². The number of aliphatic hydroxyl groups excluding tert-OH is 2. The van der Waals surface area contributed by atoms with Crippen molar-refractivity contribution >= 4 is 23.6 Å². The van der Waals surface area contributed by atoms with Crippen molar-refractivity contribution in [2.24, 2.45) is 28.8 Å². The van der Waals surface area contributed by atoms with Crippen LogP contribution in [0.15, 0.2) is 65.8 Å². The van der Waals surface area contributed by atoms with Crippen LogP contribution in [-0.2, 0) is 20.9 Å². The van der Waals surface area contributed by atoms with Crippen molar-refractivity contribution in [2.45, 2.75) is 51.0 Å². The molecule has 2 aromatic rings. The van der Waals surface area contributed by atoms with E-state index in [9.17, 15) is 24.6 Å². The molecule has 9 heteroatoms. The zero-order valence-corrected chi connectivity index (χ0v) is 20.6. The fourth-order valence-corrected chi connectivity index (χ4v) is 6.16. The minimum atomic E-state index is -1.18. The van der Waals surface area contributed by atoms with Crippen LogP contribution in [0.4, 0.5) is 4.79 Å². The third kappa shape index (κ3) is 4.76. The maximum absolute atomic E-state index is 13.6. The molecule has 7 atom stereocenters. The topological polar surface area (TPSA) is 129 Å². The Hall–Kier alpha value is -3.56. The van der Waals surface area contributed by atoms with E-state index in [2.05, 4.69) is 10.5 Å². The predicted octanol–water partition coefficient (Wildman–Crippen LogP) is 2.78. The number of hydrogen-bond donors (Lipinski definition) is 3. The van der Waals surface area contributed by atoms with E-state index in [1.165, 1.54) is 4.90 Å². The Morgan fingerprint density at radius 2 is 1.68 bits per heavy atom. The minimum Gasteiger partial charge on any atom is -0.443 e. The molecule has 0 bridgehead atoms. The normalized spacial score (nSPS) is 31.0. The molecule has 3 N–H and O–H groups in total. The Morgan fingerprint density at radius 3 is 2.38 bits per heavy atom. The summed E-state index contributed by atoms with van der Waals surface area (Å²) in [5.41, 5.74) is 4.57. The van der Waals surface area contributed by atoms with Crippen LogP contribution in [0, 0.1) is 23.7 Å². The molecule has 0 aromatic heterocycles. The van der Waals surface area contributed by atoms with Crippen LogP contribution in [0.1, 0.15) is 43.4 Å². The van der Waals surface area contributed by atoms with E-state index in [1.807, 2.05) is 67.6 Å². The number of benzene rings is 2. The summed E-state index contributed by atoms with van der Waals surface area (Å²) in [7, 11) is 0. The van der Waals surface area contributed by atoms with Crippen LogP contribution in [0.25, 0.3) is 0 Å². The number of nitrogens with zero attached hydrogens (tertiary/aromatic N) is 2. The highest BCUT2D eigenvalue weighted by Gasteiger charge is 2.60. The number of hydrazone groups is 1. The lowest BCUT2D eigenvalue weighted by Crippen LogP contribution is -2.55. The number of rotatable bonds is 5. The van der Waals surface area contributed by atoms with E-state index in [4.69, 9.17) is 4.74 Å². The molecule has 1 aliphatic heterocycles. The zero-order valence-electron chi connectivity index (χ0n) is 20.6. The molecule has 1 heterocycles. The summed E-state index contributed by atoms with van der Waals surface area (Å²) in [4.78, 5) is 40.6. The van der Waals surface area contributed by atoms with Gasteiger partial charge in [0, 0.05) is 24.0 Å². The lowest BCUT2D eigenvalue weighted by Gasteiger charge is -2.45. The number of fused-ring (bicyclic) bond motifs is 3. The first-order valence-corrected chi connectivity index (χ1v) is 12.7. The van der Waals surface area contributed by atoms with Gasteiger partial charge in [-0.05, 0) is 30.9 Å². The smallest absolute Gasteiger partial charge is 0.428 e. The second-order valence-electron chi connectivity index (χ2n) is 10.1. The molecule has 3 aliphatic rings. The van der Waals surface area contributed by atoms with Crippen molar-refractivity contribution in [3.05, 3.63) is 71.8 Å². The van der Waals surface area contributed by atoms with Crippen LogP contribution in [-0.4, -0.2) is 50.9 Å². The van der Waals surface area contributed by atoms with Gasteiger partial charge in [-0.15, -0.1) is 0 Å². The fourth-order valence-electron chi connectivity index (χ4n) is 6.16. The largest absolute Gasteiger partial charge is 0.443 e. The molecular weight excluding hydrogens is 474 g/mol. The summed E-state index contributed by atoms with van der Waals surface area (Å²) in [6, 6.07) is 18.1. The Kier molecular flexibility index (Phi) is 7.08. The SMILES string of the molecule is C[C@@H](c1ccccc1)N1C(=O)[C@H]2[C@H]3[C@H](O)[C@H](O)CC(=NNC(=O)OCc4ccccc4)[C@@H]3CC[C@H]2C1=O. The predicted molar refractivity (Wildman–Crippen MR) is 134 cm³/mol. The Labute approximate surface area is 215 Å². The summed E-state index contributed by atoms with van der Waals surface area (Å²) in [5, 5.41) is 25.9. The lowest BCUT2D eigenvalue weighted by molar-refractivity contribution is -0.144. The highest BCUT2D eigenvalue weighted by molar-refractivity contribution is 6.06. The third-order valence-corrected chi connectivity index (χ3v) is 7.99. The fraction of sp³-hybridized carbons (Fsp3) is 0.429. The van der Waals surface area contributed by atoms with Crippen LogP contribution in [0.3, 0.4) is 0 Å². The van der Waals surface area contributed by atoms with Gasteiger partial charge in [-0.25, -0.2) is 10.2 Å². The summed E-state index contributed by atoms with van der Waals surface area (Å²) < 4.78 is 5.21. The number of likely N-dealkylation sites (tertiary alicyclic amines) is 1. The highest BCUT2D eigenvalue weighted by atomic mass is 16.6. The molecule has 2 aromatic carbocycles. The summed E-state index contributed by atoms with van der Waals surface area (Å²) in [5.74, 6) is -2.89. The quantitative estimate of drug-likeness (QED) is 0.423. The van der Waals surface area contributed by atoms with Crippen molar-refractivity contribution < 1.29 is 29.3 Å². The maximum Gasteiger partial charge on any atom is 0.428 e. The maximum atomic E-state index is 13.6. The number of imide groups is 1. The van der Waals surface area contributed by atoms with Crippen molar-refractivity contribution in [3.8, 4) is 0 Å². The van der Waals surface area contributed by atoms with E-state index in [0.29, 0.717) is 18.6 Å². The van der Waals surface area contributed by atoms with Crippen molar-refractivity contribution in [3.63, 3.8) is 0 Å². The van der Waals surface area contributed by atoms with Gasteiger partial charge in [0.05, 0.1) is 30.1 Å². The van der Waals surface area contributed by atoms with Gasteiger partial charge in [0.15, 0.2) is 0 Å². The average molecular weight is 506 g/mol. The second kappa shape index (κ2) is 10.4. The third-order valence-electron chi connectivity index (χ3n) is 7.99. The van der Waals surface area contributed by atoms with E-state index in [0.717, 1.165) is 11.1 Å². The number of nitrogens with one attached hydrogen (secondary N) is 1. The Balaban J connectivity index is 1.33. The summed E-state index contributed by atoms with van der Waals surface area (Å²) >= 11 is 0. The van der Waals surface area contributed by atoms with Crippen LogP contribution >= 0.6 is 0 Å². The Morgan fingerprint density at radius 1 is 1.03 bits per heavy atom. The molecule has 194 valence electrons.